The van der Waals surface area contributed by atoms with Gasteiger partial charge >= 0.3 is 0 Å². The van der Waals surface area contributed by atoms with Crippen molar-refractivity contribution in [2.75, 3.05) is 0 Å². The van der Waals surface area contributed by atoms with Gasteiger partial charge in [0.05, 0.1) is 6.04 Å². The molecule has 0 aromatic rings. The second-order valence-corrected chi connectivity index (χ2v) is 10.8. The molecule has 0 spiro atoms. The molecule has 25 heavy (non-hydrogen) atoms. The normalized spacial score (nSPS) is 53.4. The lowest BCUT2D eigenvalue weighted by Crippen LogP contribution is -2.54. The Morgan fingerprint density at radius 1 is 0.960 bits per heavy atom. The Labute approximate surface area is 154 Å². The molecular formula is C23H39NO. The van der Waals surface area contributed by atoms with E-state index in [4.69, 9.17) is 0 Å². The van der Waals surface area contributed by atoms with Crippen LogP contribution in [0.1, 0.15) is 91.9 Å². The molecule has 0 amide bonds. The second kappa shape index (κ2) is 6.34. The first-order valence-electron chi connectivity index (χ1n) is 11.3. The third kappa shape index (κ3) is 2.56. The highest BCUT2D eigenvalue weighted by molar-refractivity contribution is 5.10. The van der Waals surface area contributed by atoms with Crippen LogP contribution in [0.5, 0.6) is 0 Å². The van der Waals surface area contributed by atoms with Crippen molar-refractivity contribution >= 4 is 0 Å². The highest BCUT2D eigenvalue weighted by Gasteiger charge is 2.60. The maximum Gasteiger partial charge on any atom is 0.0922 e. The fourth-order valence-electron chi connectivity index (χ4n) is 8.59. The second-order valence-electron chi connectivity index (χ2n) is 10.8. The average molecular weight is 346 g/mol. The quantitative estimate of drug-likeness (QED) is 0.516. The van der Waals surface area contributed by atoms with Gasteiger partial charge in [-0.05, 0) is 104 Å². The standard InChI is InChI=1S/C23H39NO/c1-5-15(2)19-8-9-20-18-7-6-16-14-17(24-25)10-12-22(16,3)21(18)11-13-23(19,20)4/h15-21H,5-14H2,1-4H3/t15?,16?,17-,18?,19?,20?,21?,22?,23?/m0/s1. The van der Waals surface area contributed by atoms with Gasteiger partial charge in [0.1, 0.15) is 0 Å². The summed E-state index contributed by atoms with van der Waals surface area (Å²) in [6, 6.07) is 0.116. The van der Waals surface area contributed by atoms with Gasteiger partial charge in [-0.2, -0.15) is 4.91 Å². The maximum atomic E-state index is 11.1. The molecule has 0 bridgehead atoms. The number of nitrogens with zero attached hydrogens (tertiary/aromatic N) is 1. The SMILES string of the molecule is CCC(C)C1CCC2C3CCC4C[C@@H](N=O)CCC4(C)C3CCC12C. The van der Waals surface area contributed by atoms with E-state index in [9.17, 15) is 4.91 Å². The minimum absolute atomic E-state index is 0.116. The van der Waals surface area contributed by atoms with E-state index in [1.807, 2.05) is 0 Å². The number of hydrogen-bond acceptors (Lipinski definition) is 2. The summed E-state index contributed by atoms with van der Waals surface area (Å²) in [5.41, 5.74) is 1.11. The van der Waals surface area contributed by atoms with Crippen LogP contribution in [-0.4, -0.2) is 6.04 Å². The third-order valence-corrected chi connectivity index (χ3v) is 10.2. The molecule has 142 valence electrons. The minimum Gasteiger partial charge on any atom is -0.151 e. The largest absolute Gasteiger partial charge is 0.151 e. The van der Waals surface area contributed by atoms with Crippen molar-refractivity contribution in [2.24, 2.45) is 51.5 Å². The van der Waals surface area contributed by atoms with E-state index >= 15 is 0 Å². The molecule has 0 saturated heterocycles. The van der Waals surface area contributed by atoms with E-state index in [-0.39, 0.29) is 6.04 Å². The molecule has 4 saturated carbocycles. The van der Waals surface area contributed by atoms with Gasteiger partial charge in [0.15, 0.2) is 0 Å². The third-order valence-electron chi connectivity index (χ3n) is 10.2. The van der Waals surface area contributed by atoms with E-state index in [1.54, 1.807) is 0 Å². The predicted molar refractivity (Wildman–Crippen MR) is 104 cm³/mol. The molecule has 0 aliphatic heterocycles. The van der Waals surface area contributed by atoms with Crippen molar-refractivity contribution in [3.63, 3.8) is 0 Å². The van der Waals surface area contributed by atoms with Crippen molar-refractivity contribution < 1.29 is 0 Å². The summed E-state index contributed by atoms with van der Waals surface area (Å²) in [4.78, 5) is 11.1. The van der Waals surface area contributed by atoms with Crippen molar-refractivity contribution in [2.45, 2.75) is 97.9 Å². The molecule has 0 heterocycles. The Kier molecular flexibility index (Phi) is 4.56. The first-order chi connectivity index (χ1) is 11.9. The summed E-state index contributed by atoms with van der Waals surface area (Å²) in [6.45, 7) is 10.2. The zero-order valence-corrected chi connectivity index (χ0v) is 17.0. The Hall–Kier alpha value is -0.400. The lowest BCUT2D eigenvalue weighted by molar-refractivity contribution is -0.116. The molecule has 2 nitrogen and oxygen atoms in total. The molecule has 0 N–H and O–H groups in total. The summed E-state index contributed by atoms with van der Waals surface area (Å²) in [6.07, 6.45) is 13.4. The van der Waals surface area contributed by atoms with Crippen LogP contribution in [0.2, 0.25) is 0 Å². The summed E-state index contributed by atoms with van der Waals surface area (Å²) in [5, 5.41) is 3.43. The van der Waals surface area contributed by atoms with Gasteiger partial charge in [-0.15, -0.1) is 0 Å². The Morgan fingerprint density at radius 2 is 1.68 bits per heavy atom. The van der Waals surface area contributed by atoms with Crippen molar-refractivity contribution in [3.8, 4) is 0 Å². The molecular weight excluding hydrogens is 306 g/mol. The summed E-state index contributed by atoms with van der Waals surface area (Å²) < 4.78 is 0. The van der Waals surface area contributed by atoms with Crippen LogP contribution in [0.25, 0.3) is 0 Å². The highest BCUT2D eigenvalue weighted by atomic mass is 16.3. The van der Waals surface area contributed by atoms with Crippen molar-refractivity contribution in [3.05, 3.63) is 4.91 Å². The molecule has 4 fully saturated rings. The van der Waals surface area contributed by atoms with Gasteiger partial charge in [-0.3, -0.25) is 0 Å². The minimum atomic E-state index is 0.116. The predicted octanol–water partition coefficient (Wildman–Crippen LogP) is 6.83. The summed E-state index contributed by atoms with van der Waals surface area (Å²) in [7, 11) is 0. The van der Waals surface area contributed by atoms with E-state index in [0.29, 0.717) is 10.8 Å². The number of nitroso groups, excluding NO2 is 1. The molecule has 9 atom stereocenters. The smallest absolute Gasteiger partial charge is 0.0922 e. The maximum absolute atomic E-state index is 11.1. The average Bonchev–Trinajstić information content (AvgIpc) is 2.97. The van der Waals surface area contributed by atoms with Crippen LogP contribution in [0.3, 0.4) is 0 Å². The fourth-order valence-corrected chi connectivity index (χ4v) is 8.59. The van der Waals surface area contributed by atoms with Gasteiger partial charge in [-0.25, -0.2) is 0 Å². The van der Waals surface area contributed by atoms with E-state index < -0.39 is 0 Å². The first kappa shape index (κ1) is 18.0. The van der Waals surface area contributed by atoms with Crippen molar-refractivity contribution in [1.29, 1.82) is 0 Å². The lowest BCUT2D eigenvalue weighted by atomic mass is 9.44. The fraction of sp³-hybridized carbons (Fsp3) is 1.00. The molecule has 0 aromatic heterocycles. The van der Waals surface area contributed by atoms with Crippen LogP contribution in [0, 0.1) is 51.2 Å². The van der Waals surface area contributed by atoms with Gasteiger partial charge in [0.2, 0.25) is 0 Å². The van der Waals surface area contributed by atoms with Gasteiger partial charge < -0.3 is 0 Å². The molecule has 0 aromatic carbocycles. The summed E-state index contributed by atoms with van der Waals surface area (Å²) >= 11 is 0. The van der Waals surface area contributed by atoms with Crippen LogP contribution < -0.4 is 0 Å². The van der Waals surface area contributed by atoms with Gasteiger partial charge in [-0.1, -0.05) is 39.3 Å². The van der Waals surface area contributed by atoms with Crippen LogP contribution >= 0.6 is 0 Å². The van der Waals surface area contributed by atoms with E-state index in [1.165, 1.54) is 51.4 Å². The molecule has 4 aliphatic rings. The number of hydrogen-bond donors (Lipinski definition) is 0. The van der Waals surface area contributed by atoms with Crippen LogP contribution in [0.4, 0.5) is 0 Å². The van der Waals surface area contributed by atoms with Gasteiger partial charge in [0.25, 0.3) is 0 Å². The molecule has 2 heteroatoms. The van der Waals surface area contributed by atoms with E-state index in [2.05, 4.69) is 32.9 Å². The van der Waals surface area contributed by atoms with Gasteiger partial charge in [0, 0.05) is 0 Å². The topological polar surface area (TPSA) is 29.4 Å². The highest BCUT2D eigenvalue weighted by Crippen LogP contribution is 2.68. The Bertz CT molecular complexity index is 518. The Morgan fingerprint density at radius 3 is 2.40 bits per heavy atom. The molecule has 4 rings (SSSR count). The zero-order chi connectivity index (χ0) is 17.8. The number of fused-ring (bicyclic) bond motifs is 5. The zero-order valence-electron chi connectivity index (χ0n) is 17.0. The Balaban J connectivity index is 1.57. The molecule has 8 unspecified atom stereocenters. The number of rotatable bonds is 3. The van der Waals surface area contributed by atoms with Crippen molar-refractivity contribution in [1.82, 2.24) is 0 Å². The molecule has 4 aliphatic carbocycles. The van der Waals surface area contributed by atoms with Crippen LogP contribution in [0.15, 0.2) is 5.18 Å². The summed E-state index contributed by atoms with van der Waals surface area (Å²) in [5.74, 6) is 5.49. The molecule has 0 radical (unpaired) electrons. The lowest BCUT2D eigenvalue weighted by Gasteiger charge is -2.61. The van der Waals surface area contributed by atoms with Crippen LogP contribution in [-0.2, 0) is 0 Å². The van der Waals surface area contributed by atoms with E-state index in [0.717, 1.165) is 48.3 Å². The monoisotopic (exact) mass is 345 g/mol. The first-order valence-corrected chi connectivity index (χ1v) is 11.3.